The summed E-state index contributed by atoms with van der Waals surface area (Å²) < 4.78 is 11.1. The molecule has 0 saturated heterocycles. The van der Waals surface area contributed by atoms with E-state index >= 15 is 0 Å². The molecule has 1 unspecified atom stereocenters. The quantitative estimate of drug-likeness (QED) is 0.814. The summed E-state index contributed by atoms with van der Waals surface area (Å²) in [6.45, 7) is 3.73. The van der Waals surface area contributed by atoms with Crippen LogP contribution < -0.4 is 14.8 Å². The average molecular weight is 343 g/mol. The highest BCUT2D eigenvalue weighted by Crippen LogP contribution is 2.36. The van der Waals surface area contributed by atoms with Crippen molar-refractivity contribution < 1.29 is 14.3 Å². The molecule has 24 heavy (non-hydrogen) atoms. The van der Waals surface area contributed by atoms with Crippen LogP contribution in [0, 0.1) is 0 Å². The zero-order valence-electron chi connectivity index (χ0n) is 13.7. The lowest BCUT2D eigenvalue weighted by atomic mass is 10.2. The normalized spacial score (nSPS) is 14.0. The standard InChI is InChI=1S/C19H21NO3S/c1-2-18(19(21)20-13-14-6-4-3-5-7-14)24-15-8-9-16-17(12-15)23-11-10-22-16/h3-9,12,18H,2,10-11,13H2,1H3,(H,20,21). The number of carbonyl (C=O) groups is 1. The second-order valence-corrected chi connectivity index (χ2v) is 6.80. The molecule has 5 heteroatoms. The largest absolute Gasteiger partial charge is 0.486 e. The Morgan fingerprint density at radius 3 is 2.62 bits per heavy atom. The first-order chi connectivity index (χ1) is 11.8. The van der Waals surface area contributed by atoms with Crippen LogP contribution in [0.1, 0.15) is 18.9 Å². The van der Waals surface area contributed by atoms with E-state index in [9.17, 15) is 4.79 Å². The summed E-state index contributed by atoms with van der Waals surface area (Å²) in [5.41, 5.74) is 1.10. The minimum absolute atomic E-state index is 0.0567. The molecule has 0 bridgehead atoms. The van der Waals surface area contributed by atoms with Gasteiger partial charge in [-0.1, -0.05) is 37.3 Å². The van der Waals surface area contributed by atoms with E-state index in [1.165, 1.54) is 0 Å². The van der Waals surface area contributed by atoms with Crippen LogP contribution in [-0.2, 0) is 11.3 Å². The van der Waals surface area contributed by atoms with Gasteiger partial charge in [0.05, 0.1) is 5.25 Å². The SMILES string of the molecule is CCC(Sc1ccc2c(c1)OCCO2)C(=O)NCc1ccccc1. The highest BCUT2D eigenvalue weighted by Gasteiger charge is 2.19. The predicted octanol–water partition coefficient (Wildman–Crippen LogP) is 3.64. The van der Waals surface area contributed by atoms with Crippen LogP contribution in [0.4, 0.5) is 0 Å². The van der Waals surface area contributed by atoms with Crippen LogP contribution in [0.3, 0.4) is 0 Å². The van der Waals surface area contributed by atoms with Gasteiger partial charge in [0.25, 0.3) is 0 Å². The maximum absolute atomic E-state index is 12.5. The third-order valence-corrected chi connectivity index (χ3v) is 5.12. The maximum Gasteiger partial charge on any atom is 0.233 e. The van der Waals surface area contributed by atoms with Crippen molar-refractivity contribution in [2.75, 3.05) is 13.2 Å². The Kier molecular flexibility index (Phi) is 5.64. The van der Waals surface area contributed by atoms with Gasteiger partial charge in [-0.15, -0.1) is 11.8 Å². The van der Waals surface area contributed by atoms with Crippen LogP contribution in [-0.4, -0.2) is 24.4 Å². The molecule has 2 aromatic rings. The Hall–Kier alpha value is -2.14. The lowest BCUT2D eigenvalue weighted by molar-refractivity contribution is -0.120. The molecule has 1 aliphatic heterocycles. The van der Waals surface area contributed by atoms with Crippen LogP contribution in [0.25, 0.3) is 0 Å². The number of fused-ring (bicyclic) bond motifs is 1. The van der Waals surface area contributed by atoms with E-state index in [2.05, 4.69) is 5.32 Å². The summed E-state index contributed by atoms with van der Waals surface area (Å²) in [7, 11) is 0. The number of amides is 1. The van der Waals surface area contributed by atoms with E-state index < -0.39 is 0 Å². The molecule has 126 valence electrons. The number of ether oxygens (including phenoxy) is 2. The highest BCUT2D eigenvalue weighted by molar-refractivity contribution is 8.00. The minimum atomic E-state index is -0.128. The molecule has 2 aromatic carbocycles. The number of hydrogen-bond donors (Lipinski definition) is 1. The fraction of sp³-hybridized carbons (Fsp3) is 0.316. The Labute approximate surface area is 146 Å². The summed E-state index contributed by atoms with van der Waals surface area (Å²) in [5, 5.41) is 2.89. The molecular formula is C19H21NO3S. The lowest BCUT2D eigenvalue weighted by Crippen LogP contribution is -2.31. The van der Waals surface area contributed by atoms with Crippen molar-refractivity contribution in [2.45, 2.75) is 30.0 Å². The molecule has 1 amide bonds. The van der Waals surface area contributed by atoms with Crippen LogP contribution in [0.2, 0.25) is 0 Å². The van der Waals surface area contributed by atoms with Crippen LogP contribution in [0.15, 0.2) is 53.4 Å². The van der Waals surface area contributed by atoms with Gasteiger partial charge in [-0.2, -0.15) is 0 Å². The Morgan fingerprint density at radius 1 is 1.12 bits per heavy atom. The molecule has 0 radical (unpaired) electrons. The molecule has 0 fully saturated rings. The predicted molar refractivity (Wildman–Crippen MR) is 95.7 cm³/mol. The third kappa shape index (κ3) is 4.23. The Balaban J connectivity index is 1.60. The smallest absolute Gasteiger partial charge is 0.233 e. The molecule has 0 aliphatic carbocycles. The van der Waals surface area contributed by atoms with E-state index in [1.807, 2.05) is 55.5 Å². The molecule has 3 rings (SSSR count). The minimum Gasteiger partial charge on any atom is -0.486 e. The summed E-state index contributed by atoms with van der Waals surface area (Å²) in [6.07, 6.45) is 0.764. The first-order valence-electron chi connectivity index (χ1n) is 8.14. The maximum atomic E-state index is 12.5. The summed E-state index contributed by atoms with van der Waals surface area (Å²) in [6, 6.07) is 15.8. The van der Waals surface area contributed by atoms with Gasteiger partial charge in [-0.05, 0) is 30.2 Å². The van der Waals surface area contributed by atoms with Crippen molar-refractivity contribution in [3.8, 4) is 11.5 Å². The van der Waals surface area contributed by atoms with E-state index in [-0.39, 0.29) is 11.2 Å². The summed E-state index contributed by atoms with van der Waals surface area (Å²) >= 11 is 1.56. The van der Waals surface area contributed by atoms with Gasteiger partial charge in [-0.25, -0.2) is 0 Å². The van der Waals surface area contributed by atoms with Gasteiger partial charge in [0.15, 0.2) is 11.5 Å². The van der Waals surface area contributed by atoms with Gasteiger partial charge < -0.3 is 14.8 Å². The number of thioether (sulfide) groups is 1. The fourth-order valence-corrected chi connectivity index (χ4v) is 3.49. The number of nitrogens with one attached hydrogen (secondary N) is 1. The molecule has 0 saturated carbocycles. The molecular weight excluding hydrogens is 322 g/mol. The Bertz CT molecular complexity index is 690. The van der Waals surface area contributed by atoms with Gasteiger partial charge in [-0.3, -0.25) is 4.79 Å². The van der Waals surface area contributed by atoms with E-state index in [0.717, 1.165) is 28.4 Å². The zero-order valence-corrected chi connectivity index (χ0v) is 14.5. The second-order valence-electron chi connectivity index (χ2n) is 5.52. The number of hydrogen-bond acceptors (Lipinski definition) is 4. The zero-order chi connectivity index (χ0) is 16.8. The highest BCUT2D eigenvalue weighted by atomic mass is 32.2. The van der Waals surface area contributed by atoms with E-state index in [0.29, 0.717) is 19.8 Å². The fourth-order valence-electron chi connectivity index (χ4n) is 2.48. The Morgan fingerprint density at radius 2 is 1.88 bits per heavy atom. The van der Waals surface area contributed by atoms with Crippen molar-refractivity contribution >= 4 is 17.7 Å². The number of rotatable bonds is 6. The molecule has 0 spiro atoms. The van der Waals surface area contributed by atoms with Gasteiger partial charge in [0.2, 0.25) is 5.91 Å². The van der Waals surface area contributed by atoms with Gasteiger partial charge in [0, 0.05) is 11.4 Å². The van der Waals surface area contributed by atoms with Gasteiger partial charge >= 0.3 is 0 Å². The molecule has 1 atom stereocenters. The third-order valence-electron chi connectivity index (χ3n) is 3.76. The molecule has 1 heterocycles. The van der Waals surface area contributed by atoms with Gasteiger partial charge in [0.1, 0.15) is 13.2 Å². The molecule has 1 N–H and O–H groups in total. The van der Waals surface area contributed by atoms with Crippen molar-refractivity contribution in [1.29, 1.82) is 0 Å². The van der Waals surface area contributed by atoms with Crippen LogP contribution in [0.5, 0.6) is 11.5 Å². The number of carbonyl (C=O) groups excluding carboxylic acids is 1. The number of benzene rings is 2. The van der Waals surface area contributed by atoms with E-state index in [1.54, 1.807) is 11.8 Å². The van der Waals surface area contributed by atoms with Crippen molar-refractivity contribution in [3.63, 3.8) is 0 Å². The first kappa shape index (κ1) is 16.7. The van der Waals surface area contributed by atoms with Crippen molar-refractivity contribution in [2.24, 2.45) is 0 Å². The van der Waals surface area contributed by atoms with Crippen molar-refractivity contribution in [3.05, 3.63) is 54.1 Å². The summed E-state index contributed by atoms with van der Waals surface area (Å²) in [5.74, 6) is 1.58. The van der Waals surface area contributed by atoms with E-state index in [4.69, 9.17) is 9.47 Å². The molecule has 4 nitrogen and oxygen atoms in total. The lowest BCUT2D eigenvalue weighted by Gasteiger charge is -2.20. The second kappa shape index (κ2) is 8.11. The van der Waals surface area contributed by atoms with Crippen molar-refractivity contribution in [1.82, 2.24) is 5.32 Å². The topological polar surface area (TPSA) is 47.6 Å². The molecule has 1 aliphatic rings. The van der Waals surface area contributed by atoms with Crippen LogP contribution >= 0.6 is 11.8 Å². The first-order valence-corrected chi connectivity index (χ1v) is 9.02. The average Bonchev–Trinajstić information content (AvgIpc) is 2.65. The monoisotopic (exact) mass is 343 g/mol. The molecule has 0 aromatic heterocycles. The summed E-state index contributed by atoms with van der Waals surface area (Å²) in [4.78, 5) is 13.5.